The summed E-state index contributed by atoms with van der Waals surface area (Å²) in [5.74, 6) is 0.802. The van der Waals surface area contributed by atoms with E-state index in [0.717, 1.165) is 49.4 Å². The Hall–Kier alpha value is -1.59. The van der Waals surface area contributed by atoms with E-state index in [-0.39, 0.29) is 11.9 Å². The number of hydrogen-bond donors (Lipinski definition) is 1. The Labute approximate surface area is 126 Å². The van der Waals surface area contributed by atoms with Crippen LogP contribution in [0.25, 0.3) is 0 Å². The van der Waals surface area contributed by atoms with Gasteiger partial charge in [0.15, 0.2) is 6.04 Å². The van der Waals surface area contributed by atoms with Gasteiger partial charge in [0, 0.05) is 19.6 Å². The van der Waals surface area contributed by atoms with Crippen molar-refractivity contribution in [1.82, 2.24) is 4.90 Å². The molecule has 3 heterocycles. The molecule has 2 bridgehead atoms. The lowest BCUT2D eigenvalue weighted by Crippen LogP contribution is -2.72. The van der Waals surface area contributed by atoms with Crippen LogP contribution < -0.4 is 10.1 Å². The van der Waals surface area contributed by atoms with Crippen molar-refractivity contribution in [3.8, 4) is 5.75 Å². The Morgan fingerprint density at radius 3 is 2.48 bits per heavy atom. The van der Waals surface area contributed by atoms with Crippen LogP contribution in [0.15, 0.2) is 24.3 Å². The number of piperazine rings is 3. The quantitative estimate of drug-likeness (QED) is 0.846. The Bertz CT molecular complexity index is 510. The summed E-state index contributed by atoms with van der Waals surface area (Å²) in [6.45, 7) is 8.66. The van der Waals surface area contributed by atoms with Crippen molar-refractivity contribution in [1.29, 1.82) is 0 Å². The van der Waals surface area contributed by atoms with E-state index in [1.54, 1.807) is 7.11 Å². The number of carbonyl (C=O) groups excluding carboxylic acids is 1. The Morgan fingerprint density at radius 2 is 1.86 bits per heavy atom. The lowest BCUT2D eigenvalue weighted by molar-refractivity contribution is -0.953. The zero-order chi connectivity index (χ0) is 14.9. The summed E-state index contributed by atoms with van der Waals surface area (Å²) in [7, 11) is 1.63. The molecule has 4 rings (SSSR count). The van der Waals surface area contributed by atoms with Crippen LogP contribution in [0.4, 0.5) is 5.69 Å². The molecule has 1 aromatic carbocycles. The number of para-hydroxylation sites is 2. The molecule has 1 atom stereocenters. The predicted molar refractivity (Wildman–Crippen MR) is 82.4 cm³/mol. The number of benzene rings is 1. The number of nitrogens with zero attached hydrogens (tertiary/aromatic N) is 2. The van der Waals surface area contributed by atoms with E-state index in [2.05, 4.69) is 17.1 Å². The fraction of sp³-hybridized carbons (Fsp3) is 0.562. The summed E-state index contributed by atoms with van der Waals surface area (Å²) in [5.41, 5.74) is 0.755. The van der Waals surface area contributed by atoms with Crippen molar-refractivity contribution < 1.29 is 14.0 Å². The van der Waals surface area contributed by atoms with E-state index in [0.29, 0.717) is 5.75 Å². The first-order chi connectivity index (χ1) is 10.1. The SMILES string of the molecule is COc1ccccc1NC(=O)[C@@H](C)[N+]12CCN(CC1)CC2. The largest absolute Gasteiger partial charge is 0.495 e. The highest BCUT2D eigenvalue weighted by Crippen LogP contribution is 2.27. The number of quaternary nitrogens is 1. The molecule has 0 unspecified atom stereocenters. The lowest BCUT2D eigenvalue weighted by atomic mass is 10.1. The molecule has 5 nitrogen and oxygen atoms in total. The van der Waals surface area contributed by atoms with Crippen molar-refractivity contribution in [3.05, 3.63) is 24.3 Å². The molecule has 3 aliphatic rings. The maximum absolute atomic E-state index is 12.7. The first-order valence-corrected chi connectivity index (χ1v) is 7.67. The first kappa shape index (κ1) is 14.4. The average molecular weight is 290 g/mol. The van der Waals surface area contributed by atoms with Crippen LogP contribution in [0.2, 0.25) is 0 Å². The van der Waals surface area contributed by atoms with Gasteiger partial charge in [0.1, 0.15) is 5.75 Å². The topological polar surface area (TPSA) is 41.6 Å². The Kier molecular flexibility index (Phi) is 3.87. The van der Waals surface area contributed by atoms with Crippen LogP contribution in [0.3, 0.4) is 0 Å². The van der Waals surface area contributed by atoms with Crippen molar-refractivity contribution in [2.24, 2.45) is 0 Å². The van der Waals surface area contributed by atoms with E-state index < -0.39 is 0 Å². The van der Waals surface area contributed by atoms with Gasteiger partial charge in [-0.15, -0.1) is 0 Å². The third kappa shape index (κ3) is 2.63. The van der Waals surface area contributed by atoms with Crippen LogP contribution in [-0.2, 0) is 4.79 Å². The molecule has 3 fully saturated rings. The highest BCUT2D eigenvalue weighted by molar-refractivity contribution is 5.95. The molecule has 0 spiro atoms. The Morgan fingerprint density at radius 1 is 1.24 bits per heavy atom. The lowest BCUT2D eigenvalue weighted by Gasteiger charge is -2.52. The predicted octanol–water partition coefficient (Wildman–Crippen LogP) is 1.17. The highest BCUT2D eigenvalue weighted by atomic mass is 16.5. The fourth-order valence-corrected chi connectivity index (χ4v) is 3.51. The molecular weight excluding hydrogens is 266 g/mol. The average Bonchev–Trinajstić information content (AvgIpc) is 2.56. The summed E-state index contributed by atoms with van der Waals surface area (Å²) in [4.78, 5) is 15.2. The van der Waals surface area contributed by atoms with Crippen molar-refractivity contribution in [2.45, 2.75) is 13.0 Å². The number of hydrogen-bond acceptors (Lipinski definition) is 3. The number of carbonyl (C=O) groups is 1. The van der Waals surface area contributed by atoms with E-state index in [9.17, 15) is 4.79 Å². The molecule has 21 heavy (non-hydrogen) atoms. The molecule has 114 valence electrons. The second-order valence-electron chi connectivity index (χ2n) is 6.10. The molecule has 0 radical (unpaired) electrons. The second-order valence-corrected chi connectivity index (χ2v) is 6.10. The minimum absolute atomic E-state index is 0.0163. The molecule has 0 saturated carbocycles. The zero-order valence-electron chi connectivity index (χ0n) is 12.8. The number of rotatable bonds is 4. The van der Waals surface area contributed by atoms with Crippen LogP contribution in [0, 0.1) is 0 Å². The van der Waals surface area contributed by atoms with Gasteiger partial charge in [0.25, 0.3) is 5.91 Å². The summed E-state index contributed by atoms with van der Waals surface area (Å²) >= 11 is 0. The standard InChI is InChI=1S/C16H23N3O2/c1-13(19-10-7-18(8-11-19)9-12-19)16(20)17-14-5-3-4-6-15(14)21-2/h3-6,13H,7-12H2,1-2H3/p+1/t13-/m1/s1. The van der Waals surface area contributed by atoms with Crippen LogP contribution in [-0.4, -0.2) is 67.7 Å². The third-order valence-corrected chi connectivity index (χ3v) is 5.15. The number of methoxy groups -OCH3 is 1. The van der Waals surface area contributed by atoms with Crippen molar-refractivity contribution in [3.63, 3.8) is 0 Å². The van der Waals surface area contributed by atoms with E-state index in [4.69, 9.17) is 4.74 Å². The maximum atomic E-state index is 12.7. The summed E-state index contributed by atoms with van der Waals surface area (Å²) < 4.78 is 6.23. The van der Waals surface area contributed by atoms with Gasteiger partial charge in [0.2, 0.25) is 0 Å². The summed E-state index contributed by atoms with van der Waals surface area (Å²) in [6.07, 6.45) is 0. The zero-order valence-corrected chi connectivity index (χ0v) is 12.8. The van der Waals surface area contributed by atoms with Gasteiger partial charge in [-0.2, -0.15) is 0 Å². The third-order valence-electron chi connectivity index (χ3n) is 5.15. The van der Waals surface area contributed by atoms with Gasteiger partial charge in [-0.25, -0.2) is 0 Å². The van der Waals surface area contributed by atoms with Gasteiger partial charge in [-0.3, -0.25) is 9.69 Å². The van der Waals surface area contributed by atoms with E-state index in [1.807, 2.05) is 24.3 Å². The van der Waals surface area contributed by atoms with Crippen LogP contribution >= 0.6 is 0 Å². The van der Waals surface area contributed by atoms with Crippen LogP contribution in [0.5, 0.6) is 5.75 Å². The Balaban J connectivity index is 1.72. The molecule has 1 N–H and O–H groups in total. The summed E-state index contributed by atoms with van der Waals surface area (Å²) in [6, 6.07) is 7.56. The minimum Gasteiger partial charge on any atom is -0.495 e. The van der Waals surface area contributed by atoms with Crippen molar-refractivity contribution in [2.75, 3.05) is 51.7 Å². The number of amides is 1. The van der Waals surface area contributed by atoms with Gasteiger partial charge in [-0.1, -0.05) is 12.1 Å². The minimum atomic E-state index is -0.0163. The van der Waals surface area contributed by atoms with E-state index >= 15 is 0 Å². The van der Waals surface area contributed by atoms with Gasteiger partial charge in [-0.05, 0) is 19.1 Å². The molecule has 1 amide bonds. The van der Waals surface area contributed by atoms with Gasteiger partial charge < -0.3 is 14.5 Å². The molecule has 5 heteroatoms. The molecule has 3 saturated heterocycles. The maximum Gasteiger partial charge on any atom is 0.282 e. The molecular formula is C16H24N3O2+. The van der Waals surface area contributed by atoms with Gasteiger partial charge >= 0.3 is 0 Å². The number of fused-ring (bicyclic) bond motifs is 3. The highest BCUT2D eigenvalue weighted by Gasteiger charge is 2.45. The van der Waals surface area contributed by atoms with E-state index in [1.165, 1.54) is 0 Å². The van der Waals surface area contributed by atoms with Crippen LogP contribution in [0.1, 0.15) is 6.92 Å². The number of ether oxygens (including phenoxy) is 1. The smallest absolute Gasteiger partial charge is 0.282 e. The monoisotopic (exact) mass is 290 g/mol. The fourth-order valence-electron chi connectivity index (χ4n) is 3.51. The van der Waals surface area contributed by atoms with Crippen molar-refractivity contribution >= 4 is 11.6 Å². The molecule has 1 aromatic rings. The number of anilines is 1. The summed E-state index contributed by atoms with van der Waals surface area (Å²) in [5, 5.41) is 3.04. The van der Waals surface area contributed by atoms with Gasteiger partial charge in [0.05, 0.1) is 32.4 Å². The molecule has 3 aliphatic heterocycles. The normalized spacial score (nSPS) is 29.0. The molecule has 0 aromatic heterocycles. The second kappa shape index (κ2) is 5.66. The number of nitrogens with one attached hydrogen (secondary N) is 1. The first-order valence-electron chi connectivity index (χ1n) is 7.67. The molecule has 0 aliphatic carbocycles.